The molecule has 5 nitrogen and oxygen atoms in total. The van der Waals surface area contributed by atoms with Crippen LogP contribution in [0.25, 0.3) is 0 Å². The highest BCUT2D eigenvalue weighted by molar-refractivity contribution is 7.88. The Hall–Kier alpha value is -1.89. The number of hydrogen-bond donors (Lipinski definition) is 1. The molecule has 1 aliphatic heterocycles. The van der Waals surface area contributed by atoms with Crippen molar-refractivity contribution in [3.8, 4) is 0 Å². The van der Waals surface area contributed by atoms with E-state index in [1.54, 1.807) is 36.4 Å². The topological polar surface area (TPSA) is 66.5 Å². The number of benzene rings is 2. The van der Waals surface area contributed by atoms with E-state index >= 15 is 0 Å². The van der Waals surface area contributed by atoms with Gasteiger partial charge in [-0.15, -0.1) is 0 Å². The van der Waals surface area contributed by atoms with Crippen molar-refractivity contribution in [3.05, 3.63) is 65.2 Å². The standard InChI is InChI=1S/C19H21ClN2O3S/c20-17-9-4-10-18(12-17)21-19(23)16-8-5-11-22(13-16)26(24,25)14-15-6-2-1-3-7-15/h1-4,6-7,9-10,12,16H,5,8,11,13-14H2,(H,21,23)/t16-/m0/s1. The predicted octanol–water partition coefficient (Wildman–Crippen LogP) is 3.52. The van der Waals surface area contributed by atoms with E-state index < -0.39 is 10.0 Å². The number of carbonyl (C=O) groups is 1. The van der Waals surface area contributed by atoms with Gasteiger partial charge in [-0.25, -0.2) is 12.7 Å². The molecule has 1 saturated heterocycles. The second-order valence-electron chi connectivity index (χ2n) is 6.44. The van der Waals surface area contributed by atoms with Gasteiger partial charge in [-0.3, -0.25) is 4.79 Å². The van der Waals surface area contributed by atoms with E-state index in [1.807, 2.05) is 18.2 Å². The van der Waals surface area contributed by atoms with Gasteiger partial charge in [0.25, 0.3) is 0 Å². The zero-order valence-electron chi connectivity index (χ0n) is 14.3. The minimum atomic E-state index is -3.45. The lowest BCUT2D eigenvalue weighted by Crippen LogP contribution is -2.44. The van der Waals surface area contributed by atoms with Crippen molar-refractivity contribution in [2.45, 2.75) is 18.6 Å². The van der Waals surface area contributed by atoms with Gasteiger partial charge in [0, 0.05) is 23.8 Å². The van der Waals surface area contributed by atoms with Crippen LogP contribution in [-0.2, 0) is 20.6 Å². The molecule has 0 saturated carbocycles. The van der Waals surface area contributed by atoms with Crippen molar-refractivity contribution in [1.29, 1.82) is 0 Å². The lowest BCUT2D eigenvalue weighted by atomic mass is 9.99. The maximum absolute atomic E-state index is 12.7. The molecule has 1 amide bonds. The summed E-state index contributed by atoms with van der Waals surface area (Å²) in [5.74, 6) is -0.587. The Morgan fingerprint density at radius 3 is 2.65 bits per heavy atom. The van der Waals surface area contributed by atoms with Crippen LogP contribution in [0.1, 0.15) is 18.4 Å². The Morgan fingerprint density at radius 1 is 1.15 bits per heavy atom. The fourth-order valence-corrected chi connectivity index (χ4v) is 4.90. The number of amides is 1. The van der Waals surface area contributed by atoms with E-state index in [0.29, 0.717) is 30.1 Å². The number of nitrogens with zero attached hydrogens (tertiary/aromatic N) is 1. The summed E-state index contributed by atoms with van der Waals surface area (Å²) >= 11 is 5.94. The molecule has 138 valence electrons. The molecular weight excluding hydrogens is 372 g/mol. The van der Waals surface area contributed by atoms with Gasteiger partial charge < -0.3 is 5.32 Å². The highest BCUT2D eigenvalue weighted by atomic mass is 35.5. The second kappa shape index (κ2) is 8.20. The zero-order chi connectivity index (χ0) is 18.6. The molecule has 1 aliphatic rings. The van der Waals surface area contributed by atoms with Crippen LogP contribution in [0.4, 0.5) is 5.69 Å². The molecule has 2 aromatic carbocycles. The molecule has 0 spiro atoms. The number of piperidine rings is 1. The van der Waals surface area contributed by atoms with Gasteiger partial charge in [0.2, 0.25) is 15.9 Å². The summed E-state index contributed by atoms with van der Waals surface area (Å²) in [6.45, 7) is 0.664. The zero-order valence-corrected chi connectivity index (χ0v) is 15.8. The average molecular weight is 393 g/mol. The highest BCUT2D eigenvalue weighted by Gasteiger charge is 2.32. The van der Waals surface area contributed by atoms with E-state index in [2.05, 4.69) is 5.32 Å². The van der Waals surface area contributed by atoms with Crippen molar-refractivity contribution in [2.75, 3.05) is 18.4 Å². The third-order valence-corrected chi connectivity index (χ3v) is 6.48. The lowest BCUT2D eigenvalue weighted by molar-refractivity contribution is -0.120. The van der Waals surface area contributed by atoms with Gasteiger partial charge in [0.1, 0.15) is 0 Å². The molecular formula is C19H21ClN2O3S. The molecule has 1 heterocycles. The molecule has 2 aromatic rings. The molecule has 7 heteroatoms. The second-order valence-corrected chi connectivity index (χ2v) is 8.84. The largest absolute Gasteiger partial charge is 0.326 e. The number of anilines is 1. The van der Waals surface area contributed by atoms with Gasteiger partial charge in [-0.2, -0.15) is 0 Å². The summed E-state index contributed by atoms with van der Waals surface area (Å²) in [4.78, 5) is 12.5. The first-order valence-electron chi connectivity index (χ1n) is 8.52. The van der Waals surface area contributed by atoms with Crippen LogP contribution in [0.2, 0.25) is 5.02 Å². The maximum Gasteiger partial charge on any atom is 0.228 e. The summed E-state index contributed by atoms with van der Waals surface area (Å²) in [6, 6.07) is 16.0. The van der Waals surface area contributed by atoms with Gasteiger partial charge in [0.15, 0.2) is 0 Å². The van der Waals surface area contributed by atoms with Crippen LogP contribution >= 0.6 is 11.6 Å². The van der Waals surface area contributed by atoms with Crippen LogP contribution in [0.5, 0.6) is 0 Å². The normalized spacial score (nSPS) is 18.4. The molecule has 1 atom stereocenters. The first-order valence-corrected chi connectivity index (χ1v) is 10.5. The van der Waals surface area contributed by atoms with E-state index in [4.69, 9.17) is 11.6 Å². The van der Waals surface area contributed by atoms with Crippen LogP contribution in [-0.4, -0.2) is 31.7 Å². The maximum atomic E-state index is 12.7. The first-order chi connectivity index (χ1) is 12.4. The Morgan fingerprint density at radius 2 is 1.92 bits per heavy atom. The average Bonchev–Trinajstić information content (AvgIpc) is 2.62. The van der Waals surface area contributed by atoms with Gasteiger partial charge in [0.05, 0.1) is 11.7 Å². The van der Waals surface area contributed by atoms with E-state index in [-0.39, 0.29) is 24.1 Å². The third-order valence-electron chi connectivity index (χ3n) is 4.43. The number of hydrogen-bond acceptors (Lipinski definition) is 3. The molecule has 1 fully saturated rings. The van der Waals surface area contributed by atoms with Crippen LogP contribution in [0, 0.1) is 5.92 Å². The number of halogens is 1. The molecule has 0 bridgehead atoms. The van der Waals surface area contributed by atoms with Crippen LogP contribution in [0.3, 0.4) is 0 Å². The Balaban J connectivity index is 1.65. The molecule has 0 unspecified atom stereocenters. The number of nitrogens with one attached hydrogen (secondary N) is 1. The third kappa shape index (κ3) is 4.84. The van der Waals surface area contributed by atoms with Crippen molar-refractivity contribution < 1.29 is 13.2 Å². The highest BCUT2D eigenvalue weighted by Crippen LogP contribution is 2.23. The Labute approximate surface area is 159 Å². The number of rotatable bonds is 5. The van der Waals surface area contributed by atoms with E-state index in [0.717, 1.165) is 5.56 Å². The fraction of sp³-hybridized carbons (Fsp3) is 0.316. The van der Waals surface area contributed by atoms with E-state index in [1.165, 1.54) is 4.31 Å². The minimum absolute atomic E-state index is 0.0452. The lowest BCUT2D eigenvalue weighted by Gasteiger charge is -2.31. The molecule has 3 rings (SSSR count). The molecule has 0 aromatic heterocycles. The monoisotopic (exact) mass is 392 g/mol. The van der Waals surface area contributed by atoms with Gasteiger partial charge in [-0.05, 0) is 36.6 Å². The summed E-state index contributed by atoms with van der Waals surface area (Å²) < 4.78 is 26.8. The first kappa shape index (κ1) is 18.9. The van der Waals surface area contributed by atoms with Gasteiger partial charge in [-0.1, -0.05) is 48.0 Å². The summed E-state index contributed by atoms with van der Waals surface area (Å²) in [7, 11) is -3.45. The number of sulfonamides is 1. The van der Waals surface area contributed by atoms with Crippen LogP contribution in [0.15, 0.2) is 54.6 Å². The summed E-state index contributed by atoms with van der Waals surface area (Å²) in [5, 5.41) is 3.37. The summed E-state index contributed by atoms with van der Waals surface area (Å²) in [6.07, 6.45) is 1.34. The van der Waals surface area contributed by atoms with Crippen molar-refractivity contribution in [3.63, 3.8) is 0 Å². The predicted molar refractivity (Wildman–Crippen MR) is 103 cm³/mol. The SMILES string of the molecule is O=C(Nc1cccc(Cl)c1)[C@H]1CCCN(S(=O)(=O)Cc2ccccc2)C1. The Kier molecular flexibility index (Phi) is 5.96. The molecule has 0 radical (unpaired) electrons. The fourth-order valence-electron chi connectivity index (χ4n) is 3.10. The molecule has 0 aliphatic carbocycles. The van der Waals surface area contributed by atoms with Crippen molar-refractivity contribution >= 4 is 33.2 Å². The van der Waals surface area contributed by atoms with Crippen molar-refractivity contribution in [2.24, 2.45) is 5.92 Å². The quantitative estimate of drug-likeness (QED) is 0.846. The molecule has 26 heavy (non-hydrogen) atoms. The van der Waals surface area contributed by atoms with Crippen molar-refractivity contribution in [1.82, 2.24) is 4.31 Å². The van der Waals surface area contributed by atoms with Crippen LogP contribution < -0.4 is 5.32 Å². The van der Waals surface area contributed by atoms with E-state index in [9.17, 15) is 13.2 Å². The summed E-state index contributed by atoms with van der Waals surface area (Å²) in [5.41, 5.74) is 1.37. The number of carbonyl (C=O) groups excluding carboxylic acids is 1. The minimum Gasteiger partial charge on any atom is -0.326 e. The Bertz CT molecular complexity index is 871. The molecule has 1 N–H and O–H groups in total. The smallest absolute Gasteiger partial charge is 0.228 e. The van der Waals surface area contributed by atoms with Gasteiger partial charge >= 0.3 is 0 Å².